The van der Waals surface area contributed by atoms with E-state index >= 15 is 0 Å². The zero-order valence-corrected chi connectivity index (χ0v) is 7.75. The van der Waals surface area contributed by atoms with Crippen molar-refractivity contribution >= 4 is 10.2 Å². The Morgan fingerprint density at radius 2 is 1.38 bits per heavy atom. The zero-order chi connectivity index (χ0) is 6.99. The highest BCUT2D eigenvalue weighted by Gasteiger charge is 1.79. The van der Waals surface area contributed by atoms with Gasteiger partial charge < -0.3 is 0 Å². The molecule has 0 bridgehead atoms. The van der Waals surface area contributed by atoms with Gasteiger partial charge in [0.2, 0.25) is 6.05 Å². The van der Waals surface area contributed by atoms with Gasteiger partial charge in [-0.25, -0.2) is 8.78 Å². The lowest BCUT2D eigenvalue weighted by atomic mass is 10.4. The van der Waals surface area contributed by atoms with Gasteiger partial charge >= 0.3 is 0 Å². The molecule has 8 heavy (non-hydrogen) atoms. The van der Waals surface area contributed by atoms with E-state index in [-0.39, 0.29) is 10.2 Å². The third kappa shape index (κ3) is 135. The summed E-state index contributed by atoms with van der Waals surface area (Å²) in [5, 5.41) is 0. The molecule has 0 nitrogen and oxygen atoms in total. The van der Waals surface area contributed by atoms with Crippen LogP contribution in [-0.4, -0.2) is 16.3 Å². The molecule has 0 aromatic rings. The largest absolute Gasteiger partial charge is 0.217 e. The van der Waals surface area contributed by atoms with Crippen molar-refractivity contribution in [3.8, 4) is 0 Å². The molecule has 0 rings (SSSR count). The highest BCUT2D eigenvalue weighted by atomic mass is 28.1. The summed E-state index contributed by atoms with van der Waals surface area (Å²) in [4.78, 5) is 0. The van der Waals surface area contributed by atoms with Crippen LogP contribution in [0.25, 0.3) is 0 Å². The second-order valence-electron chi connectivity index (χ2n) is 1.52. The van der Waals surface area contributed by atoms with Crippen LogP contribution in [0.15, 0.2) is 0 Å². The van der Waals surface area contributed by atoms with Crippen molar-refractivity contribution in [3.05, 3.63) is 0 Å². The molecule has 0 N–H and O–H groups in total. The lowest BCUT2D eigenvalue weighted by molar-refractivity contribution is 0.242. The maximum atomic E-state index is 10.4. The maximum absolute atomic E-state index is 10.4. The SMILES string of the molecule is CCCC.FC(F)[SiH3]. The van der Waals surface area contributed by atoms with Crippen molar-refractivity contribution in [3.63, 3.8) is 0 Å². The summed E-state index contributed by atoms with van der Waals surface area (Å²) in [7, 11) is 0.0154. The first-order valence-corrected chi connectivity index (χ1v) is 4.08. The van der Waals surface area contributed by atoms with Gasteiger partial charge in [0.25, 0.3) is 0 Å². The predicted molar refractivity (Wildman–Crippen MR) is 36.5 cm³/mol. The Morgan fingerprint density at radius 1 is 1.25 bits per heavy atom. The molecule has 0 unspecified atom stereocenters. The minimum absolute atomic E-state index is 0.0154. The number of halogens is 2. The van der Waals surface area contributed by atoms with Gasteiger partial charge in [0.05, 0.1) is 10.2 Å². The molecule has 0 radical (unpaired) electrons. The summed E-state index contributed by atoms with van der Waals surface area (Å²) in [5.74, 6) is 0. The van der Waals surface area contributed by atoms with Crippen LogP contribution in [0.1, 0.15) is 26.7 Å². The number of hydrogen-bond acceptors (Lipinski definition) is 0. The standard InChI is InChI=1S/C4H10.CH4F2Si/c1-3-4-2;2-1(3)4/h3-4H2,1-2H3;1H,4H3. The van der Waals surface area contributed by atoms with E-state index in [9.17, 15) is 8.78 Å². The fourth-order valence-electron chi connectivity index (χ4n) is 0. The van der Waals surface area contributed by atoms with Gasteiger partial charge in [-0.15, -0.1) is 0 Å². The number of unbranched alkanes of at least 4 members (excludes halogenated alkanes) is 1. The average Bonchev–Trinajstić information content (AvgIpc) is 1.65. The van der Waals surface area contributed by atoms with Crippen LogP contribution < -0.4 is 0 Å². The molecule has 0 aliphatic rings. The summed E-state index contributed by atoms with van der Waals surface area (Å²) >= 11 is 0. The van der Waals surface area contributed by atoms with E-state index in [0.717, 1.165) is 0 Å². The molecule has 52 valence electrons. The van der Waals surface area contributed by atoms with Crippen LogP contribution in [0, 0.1) is 0 Å². The summed E-state index contributed by atoms with van der Waals surface area (Å²) in [6.45, 7) is 4.36. The Bertz CT molecular complexity index is 26.9. The molecule has 0 saturated carbocycles. The Labute approximate surface area is 52.7 Å². The number of alkyl halides is 2. The summed E-state index contributed by atoms with van der Waals surface area (Å²) in [6.07, 6.45) is 2.64. The van der Waals surface area contributed by atoms with E-state index < -0.39 is 6.05 Å². The third-order valence-electron chi connectivity index (χ3n) is 0.500. The fourth-order valence-corrected chi connectivity index (χ4v) is 0. The minimum Gasteiger partial charge on any atom is -0.217 e. The van der Waals surface area contributed by atoms with Gasteiger partial charge in [0.1, 0.15) is 0 Å². The first kappa shape index (κ1) is 11.0. The molecular weight excluding hydrogens is 126 g/mol. The Balaban J connectivity index is 0. The second kappa shape index (κ2) is 10.1. The third-order valence-corrected chi connectivity index (χ3v) is 0.500. The maximum Gasteiger partial charge on any atom is 0.210 e. The highest BCUT2D eigenvalue weighted by molar-refractivity contribution is 6.09. The molecule has 0 heterocycles. The smallest absolute Gasteiger partial charge is 0.210 e. The molecule has 0 saturated heterocycles. The van der Waals surface area contributed by atoms with Crippen LogP contribution >= 0.6 is 0 Å². The zero-order valence-electron chi connectivity index (χ0n) is 5.75. The molecule has 0 aliphatic carbocycles. The Morgan fingerprint density at radius 3 is 1.38 bits per heavy atom. The van der Waals surface area contributed by atoms with Gasteiger partial charge in [-0.3, -0.25) is 0 Å². The molecule has 0 aliphatic heterocycles. The Hall–Kier alpha value is 0.0769. The second-order valence-corrected chi connectivity index (χ2v) is 2.39. The van der Waals surface area contributed by atoms with E-state index in [0.29, 0.717) is 0 Å². The molecule has 0 amide bonds. The van der Waals surface area contributed by atoms with E-state index in [2.05, 4.69) is 13.8 Å². The molecule has 0 atom stereocenters. The quantitative estimate of drug-likeness (QED) is 0.483. The molecular formula is C5H14F2Si. The number of rotatable bonds is 1. The van der Waals surface area contributed by atoms with Crippen LogP contribution in [0.5, 0.6) is 0 Å². The lowest BCUT2D eigenvalue weighted by Gasteiger charge is -1.70. The van der Waals surface area contributed by atoms with E-state index in [1.807, 2.05) is 0 Å². The van der Waals surface area contributed by atoms with Gasteiger partial charge in [-0.1, -0.05) is 26.7 Å². The van der Waals surface area contributed by atoms with Crippen LogP contribution in [0.3, 0.4) is 0 Å². The van der Waals surface area contributed by atoms with Crippen molar-refractivity contribution in [2.45, 2.75) is 32.7 Å². The lowest BCUT2D eigenvalue weighted by Crippen LogP contribution is -1.80. The van der Waals surface area contributed by atoms with Crippen molar-refractivity contribution < 1.29 is 8.78 Å². The predicted octanol–water partition coefficient (Wildman–Crippen LogP) is 1.38. The summed E-state index contributed by atoms with van der Waals surface area (Å²) < 4.78 is 20.8. The van der Waals surface area contributed by atoms with Crippen LogP contribution in [-0.2, 0) is 0 Å². The normalized spacial score (nSPS) is 8.62. The molecule has 3 heteroatoms. The van der Waals surface area contributed by atoms with E-state index in [1.165, 1.54) is 12.8 Å². The minimum atomic E-state index is -2.03. The number of hydrogen-bond donors (Lipinski definition) is 0. The van der Waals surface area contributed by atoms with Gasteiger partial charge in [0.15, 0.2) is 0 Å². The van der Waals surface area contributed by atoms with Crippen LogP contribution in [0.4, 0.5) is 8.78 Å². The van der Waals surface area contributed by atoms with Gasteiger partial charge in [0, 0.05) is 0 Å². The molecule has 0 aromatic heterocycles. The van der Waals surface area contributed by atoms with Gasteiger partial charge in [-0.05, 0) is 0 Å². The molecule has 0 spiro atoms. The molecule has 0 aromatic carbocycles. The Kier molecular flexibility index (Phi) is 13.9. The fraction of sp³-hybridized carbons (Fsp3) is 1.00. The summed E-state index contributed by atoms with van der Waals surface area (Å²) in [5.41, 5.74) is 0. The van der Waals surface area contributed by atoms with E-state index in [1.54, 1.807) is 0 Å². The van der Waals surface area contributed by atoms with Crippen molar-refractivity contribution in [1.29, 1.82) is 0 Å². The highest BCUT2D eigenvalue weighted by Crippen LogP contribution is 1.77. The van der Waals surface area contributed by atoms with E-state index in [4.69, 9.17) is 0 Å². The van der Waals surface area contributed by atoms with Crippen LogP contribution in [0.2, 0.25) is 0 Å². The first-order chi connectivity index (χ1) is 3.65. The van der Waals surface area contributed by atoms with Crippen molar-refractivity contribution in [2.24, 2.45) is 0 Å². The molecule has 0 fully saturated rings. The summed E-state index contributed by atoms with van der Waals surface area (Å²) in [6, 6.07) is -2.03. The monoisotopic (exact) mass is 140 g/mol. The first-order valence-electron chi connectivity index (χ1n) is 2.93. The van der Waals surface area contributed by atoms with Crippen molar-refractivity contribution in [1.82, 2.24) is 0 Å². The average molecular weight is 140 g/mol. The van der Waals surface area contributed by atoms with Crippen molar-refractivity contribution in [2.75, 3.05) is 0 Å². The van der Waals surface area contributed by atoms with Gasteiger partial charge in [-0.2, -0.15) is 0 Å². The topological polar surface area (TPSA) is 0 Å².